The van der Waals surface area contributed by atoms with E-state index >= 15 is 0 Å². The summed E-state index contributed by atoms with van der Waals surface area (Å²) in [5, 5.41) is 54.0. The number of unbranched alkanes of at least 4 members (excludes halogenated alkanes) is 3. The average molecular weight is 481 g/mol. The largest absolute Gasteiger partial charge is 0.395 e. The van der Waals surface area contributed by atoms with Crippen LogP contribution in [0, 0.1) is 10.1 Å². The molecule has 34 heavy (non-hydrogen) atoms. The van der Waals surface area contributed by atoms with Crippen LogP contribution in [0.4, 0.5) is 11.4 Å². The number of aliphatic hydroxyl groups is 4. The number of likely N-dealkylation sites (tertiary alicyclic amines) is 2. The zero-order valence-electron chi connectivity index (χ0n) is 19.9. The SMILES string of the molecule is O=[N+]([O-])c1cc(CN2CCCCC2)ccc1NCCCCCCN1C[C@H](O)[C@@H](O)[C@H](O)[C@H]1CO. The van der Waals surface area contributed by atoms with Gasteiger partial charge in [-0.3, -0.25) is 19.9 Å². The van der Waals surface area contributed by atoms with Gasteiger partial charge in [-0.15, -0.1) is 0 Å². The Morgan fingerprint density at radius 2 is 1.76 bits per heavy atom. The van der Waals surface area contributed by atoms with Gasteiger partial charge in [0.15, 0.2) is 0 Å². The van der Waals surface area contributed by atoms with Gasteiger partial charge in [0.25, 0.3) is 5.69 Å². The van der Waals surface area contributed by atoms with Crippen molar-refractivity contribution in [2.45, 2.75) is 75.8 Å². The van der Waals surface area contributed by atoms with E-state index in [4.69, 9.17) is 0 Å². The zero-order valence-corrected chi connectivity index (χ0v) is 19.9. The number of hydrogen-bond donors (Lipinski definition) is 5. The quantitative estimate of drug-likeness (QED) is 0.170. The molecule has 0 aliphatic carbocycles. The Hall–Kier alpha value is -1.82. The summed E-state index contributed by atoms with van der Waals surface area (Å²) in [7, 11) is 0. The van der Waals surface area contributed by atoms with Crippen molar-refractivity contribution in [3.8, 4) is 0 Å². The predicted molar refractivity (Wildman–Crippen MR) is 130 cm³/mol. The summed E-state index contributed by atoms with van der Waals surface area (Å²) >= 11 is 0. The molecular formula is C24H40N4O6. The van der Waals surface area contributed by atoms with E-state index in [9.17, 15) is 30.5 Å². The second-order valence-electron chi connectivity index (χ2n) is 9.58. The van der Waals surface area contributed by atoms with Crippen LogP contribution in [0.15, 0.2) is 18.2 Å². The lowest BCUT2D eigenvalue weighted by molar-refractivity contribution is -0.384. The molecule has 2 aliphatic rings. The van der Waals surface area contributed by atoms with Crippen molar-refractivity contribution in [2.24, 2.45) is 0 Å². The molecule has 0 radical (unpaired) electrons. The first-order chi connectivity index (χ1) is 16.4. The van der Waals surface area contributed by atoms with Gasteiger partial charge >= 0.3 is 0 Å². The molecule has 2 saturated heterocycles. The first-order valence-corrected chi connectivity index (χ1v) is 12.5. The van der Waals surface area contributed by atoms with Crippen LogP contribution in [0.3, 0.4) is 0 Å². The Labute approximate surface area is 201 Å². The molecule has 1 aromatic carbocycles. The Morgan fingerprint density at radius 1 is 1.03 bits per heavy atom. The molecule has 0 aromatic heterocycles. The van der Waals surface area contributed by atoms with Crippen LogP contribution < -0.4 is 5.32 Å². The summed E-state index contributed by atoms with van der Waals surface area (Å²) in [4.78, 5) is 15.4. The molecule has 2 aliphatic heterocycles. The maximum absolute atomic E-state index is 11.6. The molecule has 2 heterocycles. The van der Waals surface area contributed by atoms with Gasteiger partial charge in [0, 0.05) is 25.7 Å². The average Bonchev–Trinajstić information content (AvgIpc) is 2.83. The number of hydrogen-bond acceptors (Lipinski definition) is 9. The van der Waals surface area contributed by atoms with Crippen molar-refractivity contribution < 1.29 is 25.3 Å². The molecule has 2 fully saturated rings. The minimum absolute atomic E-state index is 0.119. The van der Waals surface area contributed by atoms with Crippen molar-refractivity contribution in [3.63, 3.8) is 0 Å². The van der Waals surface area contributed by atoms with Crippen LogP contribution in [-0.4, -0.2) is 98.8 Å². The summed E-state index contributed by atoms with van der Waals surface area (Å²) in [6.07, 6.45) is 3.76. The van der Waals surface area contributed by atoms with E-state index in [1.54, 1.807) is 6.07 Å². The maximum atomic E-state index is 11.6. The first kappa shape index (κ1) is 26.8. The fraction of sp³-hybridized carbons (Fsp3) is 0.750. The number of benzene rings is 1. The highest BCUT2D eigenvalue weighted by Gasteiger charge is 2.40. The first-order valence-electron chi connectivity index (χ1n) is 12.5. The number of aliphatic hydroxyl groups excluding tert-OH is 4. The van der Waals surface area contributed by atoms with Crippen molar-refractivity contribution in [2.75, 3.05) is 44.6 Å². The van der Waals surface area contributed by atoms with Crippen LogP contribution in [0.2, 0.25) is 0 Å². The number of anilines is 1. The van der Waals surface area contributed by atoms with Crippen LogP contribution in [0.5, 0.6) is 0 Å². The third kappa shape index (κ3) is 7.34. The molecule has 0 amide bonds. The second kappa shape index (κ2) is 13.3. The van der Waals surface area contributed by atoms with E-state index in [2.05, 4.69) is 10.2 Å². The molecule has 10 nitrogen and oxygen atoms in total. The van der Waals surface area contributed by atoms with Gasteiger partial charge in [-0.05, 0) is 56.9 Å². The summed E-state index contributed by atoms with van der Waals surface area (Å²) in [6.45, 7) is 4.06. The van der Waals surface area contributed by atoms with E-state index in [-0.39, 0.29) is 23.8 Å². The lowest BCUT2D eigenvalue weighted by Crippen LogP contribution is -2.62. The summed E-state index contributed by atoms with van der Waals surface area (Å²) in [5.41, 5.74) is 1.64. The van der Waals surface area contributed by atoms with Crippen molar-refractivity contribution >= 4 is 11.4 Å². The highest BCUT2D eigenvalue weighted by atomic mass is 16.6. The molecule has 192 valence electrons. The third-order valence-corrected chi connectivity index (χ3v) is 7.02. The van der Waals surface area contributed by atoms with Crippen LogP contribution >= 0.6 is 0 Å². The van der Waals surface area contributed by atoms with Gasteiger partial charge < -0.3 is 25.7 Å². The van der Waals surface area contributed by atoms with Gasteiger partial charge in [-0.25, -0.2) is 0 Å². The summed E-state index contributed by atoms with van der Waals surface area (Å²) in [6, 6.07) is 4.90. The van der Waals surface area contributed by atoms with Gasteiger partial charge in [0.2, 0.25) is 0 Å². The Bertz CT molecular complexity index is 776. The topological polar surface area (TPSA) is 143 Å². The van der Waals surface area contributed by atoms with Gasteiger partial charge in [-0.1, -0.05) is 25.3 Å². The van der Waals surface area contributed by atoms with Gasteiger partial charge in [-0.2, -0.15) is 0 Å². The predicted octanol–water partition coefficient (Wildman–Crippen LogP) is 1.31. The van der Waals surface area contributed by atoms with E-state index in [0.717, 1.165) is 50.9 Å². The van der Waals surface area contributed by atoms with E-state index < -0.39 is 24.4 Å². The molecular weight excluding hydrogens is 440 g/mol. The molecule has 0 unspecified atom stereocenters. The minimum Gasteiger partial charge on any atom is -0.395 e. The van der Waals surface area contributed by atoms with E-state index in [1.165, 1.54) is 19.3 Å². The number of piperidine rings is 2. The highest BCUT2D eigenvalue weighted by Crippen LogP contribution is 2.27. The number of nitro benzene ring substituents is 1. The summed E-state index contributed by atoms with van der Waals surface area (Å²) in [5.74, 6) is 0. The summed E-state index contributed by atoms with van der Waals surface area (Å²) < 4.78 is 0. The Morgan fingerprint density at radius 3 is 2.47 bits per heavy atom. The molecule has 0 spiro atoms. The zero-order chi connectivity index (χ0) is 24.5. The number of β-amino-alcohol motifs (C(OH)–C–C–N with tert-alkyl or cyclic N) is 1. The van der Waals surface area contributed by atoms with Crippen LogP contribution in [-0.2, 0) is 6.54 Å². The maximum Gasteiger partial charge on any atom is 0.292 e. The molecule has 3 rings (SSSR count). The molecule has 0 saturated carbocycles. The monoisotopic (exact) mass is 480 g/mol. The molecule has 1 aromatic rings. The molecule has 0 bridgehead atoms. The molecule has 5 N–H and O–H groups in total. The van der Waals surface area contributed by atoms with Crippen molar-refractivity contribution in [1.29, 1.82) is 0 Å². The Kier molecular flexibility index (Phi) is 10.5. The van der Waals surface area contributed by atoms with Crippen molar-refractivity contribution in [3.05, 3.63) is 33.9 Å². The molecule has 4 atom stereocenters. The third-order valence-electron chi connectivity index (χ3n) is 7.02. The lowest BCUT2D eigenvalue weighted by atomic mass is 9.94. The number of nitro groups is 1. The van der Waals surface area contributed by atoms with Crippen LogP contribution in [0.25, 0.3) is 0 Å². The number of rotatable bonds is 12. The molecule has 10 heteroatoms. The second-order valence-corrected chi connectivity index (χ2v) is 9.58. The smallest absolute Gasteiger partial charge is 0.292 e. The van der Waals surface area contributed by atoms with E-state index in [0.29, 0.717) is 18.8 Å². The van der Waals surface area contributed by atoms with Crippen molar-refractivity contribution in [1.82, 2.24) is 9.80 Å². The standard InChI is InChI=1S/C24H40N4O6/c29-17-21-23(31)24(32)22(30)16-27(21)13-7-2-1-4-10-25-19-9-8-18(14-20(19)28(33)34)15-26-11-5-3-6-12-26/h8-9,14,21-25,29-32H,1-7,10-13,15-17H2/t21-,22+,23-,24-/m1/s1. The van der Waals surface area contributed by atoms with E-state index in [1.807, 2.05) is 17.0 Å². The van der Waals surface area contributed by atoms with Gasteiger partial charge in [0.05, 0.1) is 23.7 Å². The fourth-order valence-electron chi connectivity index (χ4n) is 5.00. The Balaban J connectivity index is 1.38. The lowest BCUT2D eigenvalue weighted by Gasteiger charge is -2.43. The number of nitrogens with zero attached hydrogens (tertiary/aromatic N) is 3. The normalized spacial score (nSPS) is 26.5. The van der Waals surface area contributed by atoms with Gasteiger partial charge in [0.1, 0.15) is 17.9 Å². The fourth-order valence-corrected chi connectivity index (χ4v) is 5.00. The number of nitrogens with one attached hydrogen (secondary N) is 1. The van der Waals surface area contributed by atoms with Crippen LogP contribution in [0.1, 0.15) is 50.5 Å². The minimum atomic E-state index is -1.23. The highest BCUT2D eigenvalue weighted by molar-refractivity contribution is 5.62.